The second kappa shape index (κ2) is 8.48. The van der Waals surface area contributed by atoms with Crippen LogP contribution >= 0.6 is 0 Å². The number of carbonyl (C=O) groups is 2. The Bertz CT molecular complexity index is 582. The quantitative estimate of drug-likeness (QED) is 0.846. The highest BCUT2D eigenvalue weighted by atomic mass is 16.2. The third kappa shape index (κ3) is 4.82. The van der Waals surface area contributed by atoms with Crippen LogP contribution < -0.4 is 10.2 Å². The molecule has 136 valence electrons. The fourth-order valence-corrected chi connectivity index (χ4v) is 3.98. The highest BCUT2D eigenvalue weighted by Gasteiger charge is 2.28. The summed E-state index contributed by atoms with van der Waals surface area (Å²) >= 11 is 0. The van der Waals surface area contributed by atoms with E-state index < -0.39 is 0 Å². The third-order valence-electron chi connectivity index (χ3n) is 5.65. The van der Waals surface area contributed by atoms with Gasteiger partial charge in [0.25, 0.3) is 11.8 Å². The first kappa shape index (κ1) is 17.9. The first-order valence-corrected chi connectivity index (χ1v) is 9.61. The molecule has 0 bridgehead atoms. The Morgan fingerprint density at radius 1 is 1.12 bits per heavy atom. The number of benzene rings is 1. The molecule has 1 aliphatic carbocycles. The topological polar surface area (TPSA) is 53.9 Å². The number of nitrogens with one attached hydrogen (secondary N) is 2. The largest absolute Gasteiger partial charge is 0.348 e. The summed E-state index contributed by atoms with van der Waals surface area (Å²) in [6.45, 7) is 5.88. The first-order chi connectivity index (χ1) is 12.1. The van der Waals surface area contributed by atoms with E-state index in [-0.39, 0.29) is 11.8 Å². The summed E-state index contributed by atoms with van der Waals surface area (Å²) < 4.78 is 0. The lowest BCUT2D eigenvalue weighted by atomic mass is 9.86. The minimum atomic E-state index is 0.0973. The van der Waals surface area contributed by atoms with Crippen LogP contribution in [0.1, 0.15) is 43.0 Å². The van der Waals surface area contributed by atoms with Crippen molar-refractivity contribution in [2.24, 2.45) is 5.92 Å². The van der Waals surface area contributed by atoms with Gasteiger partial charge in [0.2, 0.25) is 0 Å². The molecule has 0 unspecified atom stereocenters. The van der Waals surface area contributed by atoms with E-state index in [9.17, 15) is 9.59 Å². The second-order valence-corrected chi connectivity index (χ2v) is 7.52. The van der Waals surface area contributed by atoms with Gasteiger partial charge in [0.15, 0.2) is 6.54 Å². The van der Waals surface area contributed by atoms with Gasteiger partial charge < -0.3 is 15.1 Å². The average molecular weight is 344 g/mol. The van der Waals surface area contributed by atoms with E-state index >= 15 is 0 Å². The molecule has 1 aliphatic heterocycles. The van der Waals surface area contributed by atoms with E-state index in [2.05, 4.69) is 12.2 Å². The summed E-state index contributed by atoms with van der Waals surface area (Å²) in [4.78, 5) is 28.0. The number of nitrogens with zero attached hydrogens (tertiary/aromatic N) is 1. The summed E-state index contributed by atoms with van der Waals surface area (Å²) in [5, 5.41) is 3.24. The summed E-state index contributed by atoms with van der Waals surface area (Å²) in [7, 11) is 0. The highest BCUT2D eigenvalue weighted by Crippen LogP contribution is 2.23. The molecule has 0 spiro atoms. The van der Waals surface area contributed by atoms with Crippen molar-refractivity contribution in [3.05, 3.63) is 35.9 Å². The van der Waals surface area contributed by atoms with E-state index in [0.29, 0.717) is 18.5 Å². The number of hydrogen-bond donors (Lipinski definition) is 2. The van der Waals surface area contributed by atoms with Crippen LogP contribution in [-0.2, 0) is 4.79 Å². The first-order valence-electron chi connectivity index (χ1n) is 9.61. The van der Waals surface area contributed by atoms with Gasteiger partial charge in [0.05, 0.1) is 26.2 Å². The monoisotopic (exact) mass is 344 g/mol. The van der Waals surface area contributed by atoms with Crippen molar-refractivity contribution in [3.63, 3.8) is 0 Å². The Labute approximate surface area is 150 Å². The van der Waals surface area contributed by atoms with Crippen molar-refractivity contribution < 1.29 is 14.5 Å². The Kier molecular flexibility index (Phi) is 6.08. The van der Waals surface area contributed by atoms with Crippen LogP contribution in [0.5, 0.6) is 0 Å². The predicted octanol–water partition coefficient (Wildman–Crippen LogP) is 0.722. The number of piperazine rings is 1. The van der Waals surface area contributed by atoms with Gasteiger partial charge in [-0.15, -0.1) is 0 Å². The lowest BCUT2D eigenvalue weighted by Crippen LogP contribution is -3.16. The van der Waals surface area contributed by atoms with Crippen molar-refractivity contribution >= 4 is 11.8 Å². The maximum Gasteiger partial charge on any atom is 0.275 e. The molecule has 1 aromatic rings. The van der Waals surface area contributed by atoms with Crippen LogP contribution in [0.4, 0.5) is 0 Å². The number of hydrogen-bond acceptors (Lipinski definition) is 2. The van der Waals surface area contributed by atoms with Gasteiger partial charge in [-0.2, -0.15) is 0 Å². The molecule has 1 heterocycles. The lowest BCUT2D eigenvalue weighted by Gasteiger charge is -2.33. The summed E-state index contributed by atoms with van der Waals surface area (Å²) in [6, 6.07) is 9.78. The molecule has 25 heavy (non-hydrogen) atoms. The molecule has 2 fully saturated rings. The van der Waals surface area contributed by atoms with Crippen molar-refractivity contribution in [2.75, 3.05) is 32.7 Å². The van der Waals surface area contributed by atoms with Crippen LogP contribution in [-0.4, -0.2) is 55.5 Å². The molecular weight excluding hydrogens is 314 g/mol. The third-order valence-corrected chi connectivity index (χ3v) is 5.65. The summed E-state index contributed by atoms with van der Waals surface area (Å²) in [6.07, 6.45) is 4.85. The van der Waals surface area contributed by atoms with Crippen LogP contribution in [0.2, 0.25) is 0 Å². The van der Waals surface area contributed by atoms with Gasteiger partial charge in [-0.1, -0.05) is 38.0 Å². The minimum Gasteiger partial charge on any atom is -0.348 e. The zero-order chi connectivity index (χ0) is 17.6. The Morgan fingerprint density at radius 2 is 1.80 bits per heavy atom. The van der Waals surface area contributed by atoms with Gasteiger partial charge in [0.1, 0.15) is 0 Å². The maximum atomic E-state index is 12.5. The van der Waals surface area contributed by atoms with E-state index in [4.69, 9.17) is 0 Å². The molecule has 1 saturated carbocycles. The molecule has 2 aliphatic rings. The van der Waals surface area contributed by atoms with E-state index in [1.165, 1.54) is 24.2 Å². The SMILES string of the molecule is C[C@H]1CCCC[C@H]1NC(=O)C[NH+]1CCN(C(=O)c2ccccc2)CC1. The Hall–Kier alpha value is -1.88. The van der Waals surface area contributed by atoms with E-state index in [1.807, 2.05) is 35.2 Å². The highest BCUT2D eigenvalue weighted by molar-refractivity contribution is 5.94. The van der Waals surface area contributed by atoms with Crippen LogP contribution in [0.25, 0.3) is 0 Å². The zero-order valence-corrected chi connectivity index (χ0v) is 15.2. The Balaban J connectivity index is 1.43. The van der Waals surface area contributed by atoms with Gasteiger partial charge in [-0.25, -0.2) is 0 Å². The van der Waals surface area contributed by atoms with Crippen LogP contribution in [0.3, 0.4) is 0 Å². The van der Waals surface area contributed by atoms with Crippen molar-refractivity contribution in [1.29, 1.82) is 0 Å². The molecule has 3 rings (SSSR count). The number of amides is 2. The van der Waals surface area contributed by atoms with Crippen molar-refractivity contribution in [3.8, 4) is 0 Å². The molecule has 5 heteroatoms. The molecule has 1 aromatic carbocycles. The molecule has 0 radical (unpaired) electrons. The molecule has 2 atom stereocenters. The lowest BCUT2D eigenvalue weighted by molar-refractivity contribution is -0.896. The molecule has 5 nitrogen and oxygen atoms in total. The fraction of sp³-hybridized carbons (Fsp3) is 0.600. The second-order valence-electron chi connectivity index (χ2n) is 7.52. The van der Waals surface area contributed by atoms with Crippen molar-refractivity contribution in [2.45, 2.75) is 38.6 Å². The van der Waals surface area contributed by atoms with Gasteiger partial charge in [-0.05, 0) is 30.9 Å². The average Bonchev–Trinajstić information content (AvgIpc) is 2.64. The molecule has 2 amide bonds. The Morgan fingerprint density at radius 3 is 2.48 bits per heavy atom. The van der Waals surface area contributed by atoms with Crippen LogP contribution in [0.15, 0.2) is 30.3 Å². The minimum absolute atomic E-state index is 0.0973. The molecule has 0 aromatic heterocycles. The predicted molar refractivity (Wildman–Crippen MR) is 97.5 cm³/mol. The van der Waals surface area contributed by atoms with E-state index in [0.717, 1.165) is 38.2 Å². The molecule has 1 saturated heterocycles. The standard InChI is InChI=1S/C20H29N3O2/c1-16-7-5-6-10-18(16)21-19(24)15-22-11-13-23(14-12-22)20(25)17-8-3-2-4-9-17/h2-4,8-9,16,18H,5-7,10-15H2,1H3,(H,21,24)/p+1/t16-,18+/m0/s1. The summed E-state index contributed by atoms with van der Waals surface area (Å²) in [5.41, 5.74) is 0.745. The summed E-state index contributed by atoms with van der Waals surface area (Å²) in [5.74, 6) is 0.852. The number of quaternary nitrogens is 1. The molecule has 2 N–H and O–H groups in total. The van der Waals surface area contributed by atoms with E-state index in [1.54, 1.807) is 0 Å². The van der Waals surface area contributed by atoms with Crippen molar-refractivity contribution in [1.82, 2.24) is 10.2 Å². The fourth-order valence-electron chi connectivity index (χ4n) is 3.98. The smallest absolute Gasteiger partial charge is 0.275 e. The molecular formula is C20H30N3O2+. The van der Waals surface area contributed by atoms with Crippen LogP contribution in [0, 0.1) is 5.92 Å². The van der Waals surface area contributed by atoms with Gasteiger partial charge in [-0.3, -0.25) is 9.59 Å². The van der Waals surface area contributed by atoms with Gasteiger partial charge in [0, 0.05) is 11.6 Å². The van der Waals surface area contributed by atoms with Gasteiger partial charge >= 0.3 is 0 Å². The normalized spacial score (nSPS) is 24.8. The zero-order valence-electron chi connectivity index (χ0n) is 15.2. The number of rotatable bonds is 4. The maximum absolute atomic E-state index is 12.5. The number of carbonyl (C=O) groups excluding carboxylic acids is 2.